The summed E-state index contributed by atoms with van der Waals surface area (Å²) in [6.07, 6.45) is 13.7. The van der Waals surface area contributed by atoms with Crippen molar-refractivity contribution in [2.45, 2.75) is 25.5 Å². The Morgan fingerprint density at radius 3 is 2.65 bits per heavy atom. The molecule has 7 rings (SSSR count). The van der Waals surface area contributed by atoms with Crippen molar-refractivity contribution in [3.63, 3.8) is 0 Å². The van der Waals surface area contributed by atoms with Crippen molar-refractivity contribution in [3.05, 3.63) is 43.4 Å². The van der Waals surface area contributed by atoms with Gasteiger partial charge in [0.15, 0.2) is 12.1 Å². The molecule has 1 N–H and O–H groups in total. The van der Waals surface area contributed by atoms with Crippen LogP contribution in [-0.2, 0) is 4.74 Å². The molecule has 2 saturated heterocycles. The number of likely N-dealkylation sites (N-methyl/N-ethyl adjacent to an activating group) is 1. The number of rotatable bonds is 4. The maximum Gasteiger partial charge on any atom is 0.159 e. The maximum absolute atomic E-state index is 6.10. The Morgan fingerprint density at radius 2 is 1.84 bits per heavy atom. The van der Waals surface area contributed by atoms with Crippen LogP contribution in [0.15, 0.2) is 43.4 Å². The van der Waals surface area contributed by atoms with Gasteiger partial charge in [0.25, 0.3) is 0 Å². The number of pyridine rings is 2. The Kier molecular flexibility index (Phi) is 5.51. The topological polar surface area (TPSA) is 114 Å². The van der Waals surface area contributed by atoms with E-state index in [2.05, 4.69) is 36.8 Å². The molecule has 2 fully saturated rings. The molecule has 37 heavy (non-hydrogen) atoms. The fourth-order valence-corrected chi connectivity index (χ4v) is 5.25. The van der Waals surface area contributed by atoms with Gasteiger partial charge in [0.05, 0.1) is 41.0 Å². The van der Waals surface area contributed by atoms with Crippen LogP contribution < -0.4 is 4.90 Å². The number of imidazole rings is 1. The lowest BCUT2D eigenvalue weighted by atomic mass is 10.1. The zero-order valence-electron chi connectivity index (χ0n) is 20.7. The fourth-order valence-electron chi connectivity index (χ4n) is 5.25. The van der Waals surface area contributed by atoms with Gasteiger partial charge in [-0.3, -0.25) is 9.97 Å². The van der Waals surface area contributed by atoms with E-state index < -0.39 is 0 Å². The number of nitrogens with one attached hydrogen (secondary N) is 1. The molecule has 0 amide bonds. The molecular formula is C26H28N10O. The van der Waals surface area contributed by atoms with Gasteiger partial charge in [-0.25, -0.2) is 19.6 Å². The second-order valence-corrected chi connectivity index (χ2v) is 9.76. The van der Waals surface area contributed by atoms with Crippen LogP contribution in [0.2, 0.25) is 0 Å². The van der Waals surface area contributed by atoms with Crippen molar-refractivity contribution >= 4 is 27.6 Å². The van der Waals surface area contributed by atoms with Crippen molar-refractivity contribution in [2.24, 2.45) is 0 Å². The van der Waals surface area contributed by atoms with Crippen molar-refractivity contribution in [1.29, 1.82) is 0 Å². The zero-order chi connectivity index (χ0) is 24.8. The minimum absolute atomic E-state index is 0.121. The van der Waals surface area contributed by atoms with Gasteiger partial charge in [-0.1, -0.05) is 0 Å². The quantitative estimate of drug-likeness (QED) is 0.400. The third-order valence-electron chi connectivity index (χ3n) is 7.32. The fraction of sp³-hybridized carbons (Fsp3) is 0.385. The normalized spacial score (nSPS) is 19.2. The molecule has 0 spiro atoms. The van der Waals surface area contributed by atoms with E-state index in [9.17, 15) is 0 Å². The molecule has 1 atom stereocenters. The van der Waals surface area contributed by atoms with Gasteiger partial charge in [-0.15, -0.1) is 0 Å². The summed E-state index contributed by atoms with van der Waals surface area (Å²) >= 11 is 0. The largest absolute Gasteiger partial charge is 0.366 e. The summed E-state index contributed by atoms with van der Waals surface area (Å²) in [6, 6.07) is 2.04. The van der Waals surface area contributed by atoms with E-state index in [1.807, 2.05) is 29.3 Å². The highest BCUT2D eigenvalue weighted by Gasteiger charge is 2.25. The Hall–Kier alpha value is -3.96. The molecule has 5 aromatic rings. The third-order valence-corrected chi connectivity index (χ3v) is 7.32. The van der Waals surface area contributed by atoms with Crippen molar-refractivity contribution < 1.29 is 4.74 Å². The van der Waals surface area contributed by atoms with E-state index in [0.717, 1.165) is 96.6 Å². The molecule has 0 aromatic carbocycles. The molecule has 11 nitrogen and oxygen atoms in total. The molecule has 0 aliphatic carbocycles. The molecule has 0 radical (unpaired) electrons. The molecule has 2 aliphatic rings. The summed E-state index contributed by atoms with van der Waals surface area (Å²) in [5.74, 6) is 0.708. The van der Waals surface area contributed by atoms with Crippen molar-refractivity contribution in [2.75, 3.05) is 44.7 Å². The molecule has 5 aromatic heterocycles. The second-order valence-electron chi connectivity index (χ2n) is 9.76. The molecule has 2 aliphatic heterocycles. The van der Waals surface area contributed by atoms with E-state index >= 15 is 0 Å². The Morgan fingerprint density at radius 1 is 0.973 bits per heavy atom. The predicted molar refractivity (Wildman–Crippen MR) is 140 cm³/mol. The van der Waals surface area contributed by atoms with Gasteiger partial charge in [0.2, 0.25) is 0 Å². The third kappa shape index (κ3) is 4.00. The van der Waals surface area contributed by atoms with Gasteiger partial charge in [0.1, 0.15) is 17.5 Å². The van der Waals surface area contributed by atoms with Gasteiger partial charge in [-0.2, -0.15) is 5.10 Å². The average molecular weight is 497 g/mol. The van der Waals surface area contributed by atoms with Crippen LogP contribution >= 0.6 is 0 Å². The molecule has 0 saturated carbocycles. The van der Waals surface area contributed by atoms with E-state index in [1.54, 1.807) is 12.4 Å². The summed E-state index contributed by atoms with van der Waals surface area (Å²) in [4.78, 5) is 30.8. The van der Waals surface area contributed by atoms with E-state index in [4.69, 9.17) is 19.8 Å². The van der Waals surface area contributed by atoms with Crippen LogP contribution in [0.1, 0.15) is 25.5 Å². The van der Waals surface area contributed by atoms with Crippen LogP contribution in [0.25, 0.3) is 44.7 Å². The number of anilines is 1. The number of nitrogens with zero attached hydrogens (tertiary/aromatic N) is 9. The standard InChI is InChI=1S/C26H28N10O/c1-34-5-7-35(8-6-34)22-14-27-13-20-25(22)32-26(31-20)24-18-10-19(17-11-28-16-29-12-17)30-15-21(18)36(33-24)23-4-2-3-9-37-23/h10-16,23H,2-9H2,1H3,(H,31,32). The number of aromatic nitrogens is 8. The molecular weight excluding hydrogens is 468 g/mol. The number of hydrogen-bond donors (Lipinski definition) is 1. The van der Waals surface area contributed by atoms with Crippen molar-refractivity contribution in [3.8, 4) is 22.8 Å². The molecule has 188 valence electrons. The second kappa shape index (κ2) is 9.16. The first-order chi connectivity index (χ1) is 18.2. The number of ether oxygens (including phenoxy) is 1. The lowest BCUT2D eigenvalue weighted by Crippen LogP contribution is -2.44. The first-order valence-electron chi connectivity index (χ1n) is 12.8. The first-order valence-corrected chi connectivity index (χ1v) is 12.8. The van der Waals surface area contributed by atoms with Gasteiger partial charge >= 0.3 is 0 Å². The minimum atomic E-state index is -0.121. The van der Waals surface area contributed by atoms with Gasteiger partial charge in [0, 0.05) is 56.1 Å². The summed E-state index contributed by atoms with van der Waals surface area (Å²) in [7, 11) is 2.16. The number of fused-ring (bicyclic) bond motifs is 2. The average Bonchev–Trinajstić information content (AvgIpc) is 3.56. The Labute approximate surface area is 213 Å². The highest BCUT2D eigenvalue weighted by Crippen LogP contribution is 2.35. The maximum atomic E-state index is 6.10. The highest BCUT2D eigenvalue weighted by molar-refractivity contribution is 5.96. The van der Waals surface area contributed by atoms with E-state index in [0.29, 0.717) is 5.82 Å². The Balaban J connectivity index is 1.37. The van der Waals surface area contributed by atoms with Crippen LogP contribution in [-0.4, -0.2) is 84.4 Å². The summed E-state index contributed by atoms with van der Waals surface area (Å²) < 4.78 is 8.07. The van der Waals surface area contributed by atoms with E-state index in [1.165, 1.54) is 6.33 Å². The van der Waals surface area contributed by atoms with Gasteiger partial charge < -0.3 is 19.5 Å². The van der Waals surface area contributed by atoms with Crippen LogP contribution in [0.3, 0.4) is 0 Å². The smallest absolute Gasteiger partial charge is 0.159 e. The van der Waals surface area contributed by atoms with Crippen LogP contribution in [0, 0.1) is 0 Å². The van der Waals surface area contributed by atoms with Crippen LogP contribution in [0.5, 0.6) is 0 Å². The number of hydrogen-bond acceptors (Lipinski definition) is 9. The molecule has 1 unspecified atom stereocenters. The monoisotopic (exact) mass is 496 g/mol. The summed E-state index contributed by atoms with van der Waals surface area (Å²) in [5.41, 5.74) is 6.19. The Bertz CT molecular complexity index is 1550. The van der Waals surface area contributed by atoms with E-state index in [-0.39, 0.29) is 6.23 Å². The summed E-state index contributed by atoms with van der Waals surface area (Å²) in [5, 5.41) is 6.01. The van der Waals surface area contributed by atoms with Gasteiger partial charge in [-0.05, 0) is 32.4 Å². The molecule has 7 heterocycles. The minimum Gasteiger partial charge on any atom is -0.366 e. The summed E-state index contributed by atoms with van der Waals surface area (Å²) in [6.45, 7) is 4.67. The predicted octanol–water partition coefficient (Wildman–Crippen LogP) is 3.28. The lowest BCUT2D eigenvalue weighted by Gasteiger charge is -2.33. The molecule has 11 heteroatoms. The number of aromatic amines is 1. The van der Waals surface area contributed by atoms with Crippen LogP contribution in [0.4, 0.5) is 5.69 Å². The van der Waals surface area contributed by atoms with Crippen molar-refractivity contribution in [1.82, 2.24) is 44.6 Å². The highest BCUT2D eigenvalue weighted by atomic mass is 16.5. The first kappa shape index (κ1) is 22.3. The number of piperazine rings is 1. The SMILES string of the molecule is CN1CCN(c2cncc3[nH]c(-c4nn(C5CCCCO5)c5cnc(-c6cncnc6)cc45)nc23)CC1. The lowest BCUT2D eigenvalue weighted by molar-refractivity contribution is -0.0365. The number of H-pyrrole nitrogens is 1. The molecule has 0 bridgehead atoms. The zero-order valence-corrected chi connectivity index (χ0v) is 20.7.